The smallest absolute Gasteiger partial charge is 0.336 e. The lowest BCUT2D eigenvalue weighted by Gasteiger charge is -2.40. The van der Waals surface area contributed by atoms with E-state index >= 15 is 0 Å². The molecule has 49 heavy (non-hydrogen) atoms. The van der Waals surface area contributed by atoms with Gasteiger partial charge >= 0.3 is 5.97 Å². The number of carboxylic acids is 1. The average Bonchev–Trinajstić information content (AvgIpc) is 3.00. The molecule has 1 aliphatic carbocycles. The second kappa shape index (κ2) is 13.2. The fourth-order valence-corrected chi connectivity index (χ4v) is 8.87. The van der Waals surface area contributed by atoms with E-state index in [4.69, 9.17) is 4.74 Å². The fraction of sp³-hybridized carbons (Fsp3) is 0.406. The lowest BCUT2D eigenvalue weighted by Crippen LogP contribution is -2.36. The van der Waals surface area contributed by atoms with Crippen LogP contribution in [0.3, 0.4) is 0 Å². The molecule has 1 unspecified atom stereocenters. The van der Waals surface area contributed by atoms with Gasteiger partial charge in [-0.25, -0.2) is 4.79 Å². The average molecular weight is 737 g/mol. The summed E-state index contributed by atoms with van der Waals surface area (Å²) in [7, 11) is -13.2. The second-order valence-electron chi connectivity index (χ2n) is 12.5. The molecule has 0 amide bonds. The van der Waals surface area contributed by atoms with E-state index in [1.807, 2.05) is 28.0 Å². The number of benzene rings is 2. The Labute approximate surface area is 284 Å². The van der Waals surface area contributed by atoms with Crippen molar-refractivity contribution in [2.45, 2.75) is 49.5 Å². The molecule has 1 atom stereocenters. The number of allylic oxidation sites excluding steroid dienone is 1. The van der Waals surface area contributed by atoms with Gasteiger partial charge in [0.05, 0.1) is 17.1 Å². The third-order valence-corrected chi connectivity index (χ3v) is 11.6. The Morgan fingerprint density at radius 3 is 2.18 bits per heavy atom. The van der Waals surface area contributed by atoms with Gasteiger partial charge < -0.3 is 19.6 Å². The summed E-state index contributed by atoms with van der Waals surface area (Å²) >= 11 is 0. The summed E-state index contributed by atoms with van der Waals surface area (Å²) in [6, 6.07) is 7.27. The minimum absolute atomic E-state index is 0.172. The summed E-state index contributed by atoms with van der Waals surface area (Å²) in [5.74, 6) is -1.91. The van der Waals surface area contributed by atoms with E-state index in [0.29, 0.717) is 55.9 Å². The van der Waals surface area contributed by atoms with Crippen LogP contribution in [0.25, 0.3) is 5.57 Å². The summed E-state index contributed by atoms with van der Waals surface area (Å²) in [5.41, 5.74) is 3.92. The van der Waals surface area contributed by atoms with Crippen LogP contribution >= 0.6 is 0 Å². The van der Waals surface area contributed by atoms with Crippen LogP contribution in [0, 0.1) is 0 Å². The molecule has 14 nitrogen and oxygen atoms in total. The number of carbonyl (C=O) groups is 1. The molecule has 2 aromatic rings. The van der Waals surface area contributed by atoms with Gasteiger partial charge in [0.25, 0.3) is 30.4 Å². The molecule has 4 aliphatic rings. The van der Waals surface area contributed by atoms with Crippen LogP contribution in [-0.4, -0.2) is 98.7 Å². The Bertz CT molecular complexity index is 2140. The van der Waals surface area contributed by atoms with Gasteiger partial charge in [-0.2, -0.15) is 25.3 Å². The number of hydrogen-bond donors (Lipinski definition) is 4. The molecule has 3 aliphatic heterocycles. The molecule has 1 fully saturated rings. The number of rotatable bonds is 11. The van der Waals surface area contributed by atoms with Crippen LogP contribution in [0.1, 0.15) is 59.2 Å². The van der Waals surface area contributed by atoms with Crippen LogP contribution in [0.4, 0.5) is 5.69 Å². The van der Waals surface area contributed by atoms with E-state index in [1.165, 1.54) is 12.1 Å². The van der Waals surface area contributed by atoms with Crippen LogP contribution in [0.15, 0.2) is 64.2 Å². The molecular weight excluding hydrogens is 701 g/mol. The fourth-order valence-electron chi connectivity index (χ4n) is 7.16. The van der Waals surface area contributed by atoms with Gasteiger partial charge in [-0.05, 0) is 80.0 Å². The van der Waals surface area contributed by atoms with Crippen molar-refractivity contribution in [3.63, 3.8) is 0 Å². The quantitative estimate of drug-likeness (QED) is 0.243. The largest absolute Gasteiger partial charge is 0.481 e. The van der Waals surface area contributed by atoms with Crippen molar-refractivity contribution >= 4 is 47.6 Å². The van der Waals surface area contributed by atoms with Gasteiger partial charge in [0.15, 0.2) is 0 Å². The number of piperidine rings is 1. The number of aromatic carboxylic acids is 1. The lowest BCUT2D eigenvalue weighted by atomic mass is 9.80. The molecule has 0 radical (unpaired) electrons. The molecule has 17 heteroatoms. The molecule has 4 N–H and O–H groups in total. The van der Waals surface area contributed by atoms with E-state index in [0.717, 1.165) is 41.4 Å². The third kappa shape index (κ3) is 7.56. The number of ether oxygens (including phenoxy) is 1. The summed E-state index contributed by atoms with van der Waals surface area (Å²) in [5, 5.41) is 10.3. The second-order valence-corrected chi connectivity index (χ2v) is 17.0. The molecule has 1 saturated heterocycles. The maximum atomic E-state index is 12.8. The number of anilines is 1. The van der Waals surface area contributed by atoms with E-state index in [1.54, 1.807) is 6.07 Å². The van der Waals surface area contributed by atoms with Crippen LogP contribution in [-0.2, 0) is 36.8 Å². The zero-order chi connectivity index (χ0) is 35.3. The van der Waals surface area contributed by atoms with Crippen molar-refractivity contribution < 1.29 is 53.5 Å². The highest BCUT2D eigenvalue weighted by Gasteiger charge is 2.38. The summed E-state index contributed by atoms with van der Waals surface area (Å²) in [6.07, 6.45) is 5.89. The Balaban J connectivity index is 1.53. The minimum Gasteiger partial charge on any atom is -0.481 e. The van der Waals surface area contributed by atoms with Gasteiger partial charge in [-0.3, -0.25) is 13.7 Å². The number of likely N-dealkylation sites (tertiary alicyclic amines) is 1. The molecule has 3 heterocycles. The van der Waals surface area contributed by atoms with Crippen LogP contribution in [0.2, 0.25) is 0 Å². The summed E-state index contributed by atoms with van der Waals surface area (Å²) in [6.45, 7) is 1.88. The topological polar surface area (TPSA) is 216 Å². The normalized spacial score (nSPS) is 19.2. The zero-order valence-corrected chi connectivity index (χ0v) is 28.7. The van der Waals surface area contributed by atoms with Crippen molar-refractivity contribution in [3.8, 4) is 5.75 Å². The predicted octanol–water partition coefficient (Wildman–Crippen LogP) is 3.42. The summed E-state index contributed by atoms with van der Waals surface area (Å²) in [4.78, 5) is 16.0. The van der Waals surface area contributed by atoms with E-state index in [-0.39, 0.29) is 29.5 Å². The van der Waals surface area contributed by atoms with Crippen molar-refractivity contribution in [3.05, 3.63) is 81.6 Å². The van der Waals surface area contributed by atoms with E-state index < -0.39 is 58.8 Å². The highest BCUT2D eigenvalue weighted by atomic mass is 32.2. The van der Waals surface area contributed by atoms with E-state index in [9.17, 15) is 48.8 Å². The van der Waals surface area contributed by atoms with Crippen molar-refractivity contribution in [2.75, 3.05) is 42.6 Å². The minimum atomic E-state index is -4.91. The molecule has 264 valence electrons. The molecule has 6 rings (SSSR count). The number of hydrogen-bond acceptors (Lipinski definition) is 10. The van der Waals surface area contributed by atoms with Crippen molar-refractivity contribution in [1.29, 1.82) is 0 Å². The summed E-state index contributed by atoms with van der Waals surface area (Å²) < 4.78 is 106. The number of nitrogens with zero attached hydrogens (tertiary/aromatic N) is 2. The van der Waals surface area contributed by atoms with Gasteiger partial charge in [0.1, 0.15) is 16.7 Å². The molecule has 0 saturated carbocycles. The highest BCUT2D eigenvalue weighted by Crippen LogP contribution is 2.49. The van der Waals surface area contributed by atoms with Gasteiger partial charge in [0, 0.05) is 65.9 Å². The predicted molar refractivity (Wildman–Crippen MR) is 180 cm³/mol. The Hall–Kier alpha value is -3.74. The van der Waals surface area contributed by atoms with E-state index in [2.05, 4.69) is 0 Å². The lowest BCUT2D eigenvalue weighted by molar-refractivity contribution is 0.0696. The molecule has 0 aromatic heterocycles. The van der Waals surface area contributed by atoms with Gasteiger partial charge in [0.2, 0.25) is 0 Å². The monoisotopic (exact) mass is 736 g/mol. The zero-order valence-electron chi connectivity index (χ0n) is 26.3. The SMILES string of the molecule is O=C(O)c1cccc(S(=O)(=O)O)c1C1=C2C=C3CCCN(CCCS(=O)(=O)O)C3=CC2Oc2cc3c(cc21)CCCN3CCCS(=O)(=O)O. The Morgan fingerprint density at radius 1 is 0.878 bits per heavy atom. The molecular formula is C32H36N2O12S3. The first-order valence-corrected chi connectivity index (χ1v) is 20.4. The van der Waals surface area contributed by atoms with Gasteiger partial charge in [-0.1, -0.05) is 6.07 Å². The van der Waals surface area contributed by atoms with Crippen molar-refractivity contribution in [1.82, 2.24) is 4.90 Å². The first-order chi connectivity index (χ1) is 23.0. The molecule has 0 spiro atoms. The Morgan fingerprint density at radius 2 is 1.53 bits per heavy atom. The standard InChI is InChI=1S/C32H36N2O12S3/c35-32(36)22-8-1-9-29(49(43,44)45)31(22)30-23-16-20-6-2-10-33(12-4-14-47(37,38)39)25(20)18-27(23)46-28-19-26-21(17-24(28)30)7-3-11-34(26)13-5-15-48(40,41)42/h1,8-9,16-19,27H,2-7,10-15H2,(H,35,36)(H,37,38,39)(H,40,41,42)(H,43,44,45). The maximum absolute atomic E-state index is 12.8. The Kier molecular flexibility index (Phi) is 9.44. The first kappa shape index (κ1) is 35.1. The van der Waals surface area contributed by atoms with Crippen LogP contribution in [0.5, 0.6) is 5.75 Å². The third-order valence-electron chi connectivity index (χ3n) is 9.14. The first-order valence-electron chi connectivity index (χ1n) is 15.8. The number of aryl methyl sites for hydroxylation is 1. The highest BCUT2D eigenvalue weighted by molar-refractivity contribution is 7.86. The molecule has 2 aromatic carbocycles. The van der Waals surface area contributed by atoms with Crippen molar-refractivity contribution in [2.24, 2.45) is 0 Å². The van der Waals surface area contributed by atoms with Gasteiger partial charge in [-0.15, -0.1) is 0 Å². The van der Waals surface area contributed by atoms with Crippen LogP contribution < -0.4 is 9.64 Å². The molecule has 0 bridgehead atoms. The maximum Gasteiger partial charge on any atom is 0.336 e. The number of fused-ring (bicyclic) bond motifs is 4. The number of carboxylic acid groups (broad SMARTS) is 1.